The molecule has 0 aromatic heterocycles. The van der Waals surface area contributed by atoms with E-state index in [-0.39, 0.29) is 23.5 Å². The minimum atomic E-state index is -0.0255. The molecule has 0 saturated heterocycles. The average molecular weight is 141 g/mol. The SMILES string of the molecule is CNC(=O)C1C[C@@H]1C(C)=O. The fourth-order valence-electron chi connectivity index (χ4n) is 1.12. The van der Waals surface area contributed by atoms with E-state index in [0.717, 1.165) is 6.42 Å². The molecule has 1 rings (SSSR count). The van der Waals surface area contributed by atoms with Gasteiger partial charge in [0.2, 0.25) is 5.91 Å². The topological polar surface area (TPSA) is 46.2 Å². The highest BCUT2D eigenvalue weighted by molar-refractivity contribution is 5.92. The van der Waals surface area contributed by atoms with Crippen LogP contribution in [0.25, 0.3) is 0 Å². The van der Waals surface area contributed by atoms with Crippen molar-refractivity contribution in [3.05, 3.63) is 0 Å². The summed E-state index contributed by atoms with van der Waals surface area (Å²) in [5, 5.41) is 2.52. The van der Waals surface area contributed by atoms with Crippen LogP contribution < -0.4 is 5.32 Å². The Kier molecular flexibility index (Phi) is 1.74. The number of nitrogens with one attached hydrogen (secondary N) is 1. The van der Waals surface area contributed by atoms with Crippen molar-refractivity contribution in [3.8, 4) is 0 Å². The molecule has 10 heavy (non-hydrogen) atoms. The first-order valence-corrected chi connectivity index (χ1v) is 3.39. The molecule has 1 saturated carbocycles. The summed E-state index contributed by atoms with van der Waals surface area (Å²) in [4.78, 5) is 21.5. The van der Waals surface area contributed by atoms with E-state index in [9.17, 15) is 9.59 Å². The van der Waals surface area contributed by atoms with E-state index in [2.05, 4.69) is 5.32 Å². The van der Waals surface area contributed by atoms with E-state index in [1.54, 1.807) is 7.05 Å². The molecule has 0 radical (unpaired) electrons. The van der Waals surface area contributed by atoms with Crippen molar-refractivity contribution < 1.29 is 9.59 Å². The highest BCUT2D eigenvalue weighted by Crippen LogP contribution is 2.38. The Hall–Kier alpha value is -0.860. The average Bonchev–Trinajstić information content (AvgIpc) is 2.64. The van der Waals surface area contributed by atoms with Gasteiger partial charge in [0.1, 0.15) is 5.78 Å². The lowest BCUT2D eigenvalue weighted by Crippen LogP contribution is -2.21. The van der Waals surface area contributed by atoms with E-state index in [1.807, 2.05) is 0 Å². The summed E-state index contributed by atoms with van der Waals surface area (Å²) in [6, 6.07) is 0. The van der Waals surface area contributed by atoms with Crippen LogP contribution >= 0.6 is 0 Å². The fraction of sp³-hybridized carbons (Fsp3) is 0.714. The summed E-state index contributed by atoms with van der Waals surface area (Å²) in [5.74, 6) is 0.122. The zero-order chi connectivity index (χ0) is 7.72. The number of Topliss-reactive ketones (excluding diaryl/α,β-unsaturated/α-hetero) is 1. The lowest BCUT2D eigenvalue weighted by atomic mass is 10.2. The molecule has 1 amide bonds. The largest absolute Gasteiger partial charge is 0.359 e. The van der Waals surface area contributed by atoms with E-state index < -0.39 is 0 Å². The molecule has 1 N–H and O–H groups in total. The molecule has 1 aliphatic rings. The zero-order valence-corrected chi connectivity index (χ0v) is 6.18. The van der Waals surface area contributed by atoms with Crippen LogP contribution in [0.3, 0.4) is 0 Å². The monoisotopic (exact) mass is 141 g/mol. The van der Waals surface area contributed by atoms with Crippen molar-refractivity contribution in [2.45, 2.75) is 13.3 Å². The van der Waals surface area contributed by atoms with Gasteiger partial charge >= 0.3 is 0 Å². The second kappa shape index (κ2) is 2.40. The lowest BCUT2D eigenvalue weighted by Gasteiger charge is -1.93. The van der Waals surface area contributed by atoms with Gasteiger partial charge in [0.25, 0.3) is 0 Å². The minimum absolute atomic E-state index is 0.000185. The maximum atomic E-state index is 10.8. The molecule has 0 heterocycles. The van der Waals surface area contributed by atoms with Crippen molar-refractivity contribution in [1.29, 1.82) is 0 Å². The number of hydrogen-bond donors (Lipinski definition) is 1. The Morgan fingerprint density at radius 1 is 1.40 bits per heavy atom. The van der Waals surface area contributed by atoms with Crippen LogP contribution in [-0.2, 0) is 9.59 Å². The molecule has 3 nitrogen and oxygen atoms in total. The van der Waals surface area contributed by atoms with Crippen LogP contribution in [0.5, 0.6) is 0 Å². The Balaban J connectivity index is 2.38. The van der Waals surface area contributed by atoms with Crippen LogP contribution in [-0.4, -0.2) is 18.7 Å². The molecule has 0 bridgehead atoms. The number of carbonyl (C=O) groups excluding carboxylic acids is 2. The molecule has 1 unspecified atom stereocenters. The second-order valence-corrected chi connectivity index (χ2v) is 2.67. The summed E-state index contributed by atoms with van der Waals surface area (Å²) in [5.41, 5.74) is 0. The Labute approximate surface area is 59.8 Å². The van der Waals surface area contributed by atoms with Crippen molar-refractivity contribution in [2.75, 3.05) is 7.05 Å². The van der Waals surface area contributed by atoms with Gasteiger partial charge in [0.05, 0.1) is 0 Å². The van der Waals surface area contributed by atoms with Gasteiger partial charge in [-0.15, -0.1) is 0 Å². The van der Waals surface area contributed by atoms with Crippen LogP contribution in [0, 0.1) is 11.8 Å². The first-order chi connectivity index (χ1) is 4.66. The van der Waals surface area contributed by atoms with Crippen molar-refractivity contribution in [3.63, 3.8) is 0 Å². The third kappa shape index (κ3) is 1.17. The molecule has 3 heteroatoms. The molecule has 0 aromatic carbocycles. The molecule has 56 valence electrons. The predicted octanol–water partition coefficient (Wildman–Crippen LogP) is -0.0425. The summed E-state index contributed by atoms with van der Waals surface area (Å²) in [6.07, 6.45) is 0.745. The minimum Gasteiger partial charge on any atom is -0.359 e. The van der Waals surface area contributed by atoms with E-state index in [1.165, 1.54) is 6.92 Å². The third-order valence-electron chi connectivity index (χ3n) is 1.90. The third-order valence-corrected chi connectivity index (χ3v) is 1.90. The fourth-order valence-corrected chi connectivity index (χ4v) is 1.12. The molecule has 1 fully saturated rings. The molecular formula is C7H11NO2. The Bertz CT molecular complexity index is 176. The van der Waals surface area contributed by atoms with Gasteiger partial charge in [-0.2, -0.15) is 0 Å². The first-order valence-electron chi connectivity index (χ1n) is 3.39. The molecule has 0 aromatic rings. The zero-order valence-electron chi connectivity index (χ0n) is 6.18. The molecule has 0 spiro atoms. The van der Waals surface area contributed by atoms with E-state index in [0.29, 0.717) is 0 Å². The van der Waals surface area contributed by atoms with Crippen molar-refractivity contribution >= 4 is 11.7 Å². The quantitative estimate of drug-likeness (QED) is 0.586. The van der Waals surface area contributed by atoms with Crippen LogP contribution in [0.1, 0.15) is 13.3 Å². The first kappa shape index (κ1) is 7.25. The van der Waals surface area contributed by atoms with Crippen LogP contribution in [0.4, 0.5) is 0 Å². The van der Waals surface area contributed by atoms with Gasteiger partial charge in [0, 0.05) is 18.9 Å². The maximum absolute atomic E-state index is 10.8. The van der Waals surface area contributed by atoms with Gasteiger partial charge in [0.15, 0.2) is 0 Å². The number of carbonyl (C=O) groups is 2. The van der Waals surface area contributed by atoms with E-state index >= 15 is 0 Å². The molecule has 0 aliphatic heterocycles. The predicted molar refractivity (Wildman–Crippen MR) is 36.3 cm³/mol. The van der Waals surface area contributed by atoms with Gasteiger partial charge in [-0.25, -0.2) is 0 Å². The maximum Gasteiger partial charge on any atom is 0.223 e. The lowest BCUT2D eigenvalue weighted by molar-refractivity contribution is -0.125. The van der Waals surface area contributed by atoms with Gasteiger partial charge in [-0.3, -0.25) is 9.59 Å². The summed E-state index contributed by atoms with van der Waals surface area (Å²) < 4.78 is 0. The van der Waals surface area contributed by atoms with Crippen LogP contribution in [0.15, 0.2) is 0 Å². The normalized spacial score (nSPS) is 29.4. The van der Waals surface area contributed by atoms with Gasteiger partial charge < -0.3 is 5.32 Å². The highest BCUT2D eigenvalue weighted by atomic mass is 16.2. The summed E-state index contributed by atoms with van der Waals surface area (Å²) in [6.45, 7) is 1.54. The van der Waals surface area contributed by atoms with E-state index in [4.69, 9.17) is 0 Å². The number of amides is 1. The van der Waals surface area contributed by atoms with Gasteiger partial charge in [-0.1, -0.05) is 0 Å². The number of rotatable bonds is 2. The van der Waals surface area contributed by atoms with Gasteiger partial charge in [-0.05, 0) is 13.3 Å². The van der Waals surface area contributed by atoms with Crippen LogP contribution in [0.2, 0.25) is 0 Å². The molecule has 1 aliphatic carbocycles. The molecular weight excluding hydrogens is 130 g/mol. The standard InChI is InChI=1S/C7H11NO2/c1-4(9)5-3-6(5)7(10)8-2/h5-6H,3H2,1-2H3,(H,8,10)/t5-,6?/m1/s1. The number of hydrogen-bond acceptors (Lipinski definition) is 2. The summed E-state index contributed by atoms with van der Waals surface area (Å²) >= 11 is 0. The second-order valence-electron chi connectivity index (χ2n) is 2.67. The van der Waals surface area contributed by atoms with Crippen molar-refractivity contribution in [2.24, 2.45) is 11.8 Å². The Morgan fingerprint density at radius 3 is 2.30 bits per heavy atom. The smallest absolute Gasteiger partial charge is 0.223 e. The van der Waals surface area contributed by atoms with Crippen molar-refractivity contribution in [1.82, 2.24) is 5.32 Å². The highest BCUT2D eigenvalue weighted by Gasteiger charge is 2.45. The molecule has 2 atom stereocenters. The number of ketones is 1. The summed E-state index contributed by atoms with van der Waals surface area (Å²) in [7, 11) is 1.60. The Morgan fingerprint density at radius 2 is 2.00 bits per heavy atom.